The molecule has 0 bridgehead atoms. The van der Waals surface area contributed by atoms with Gasteiger partial charge in [0.15, 0.2) is 0 Å². The summed E-state index contributed by atoms with van der Waals surface area (Å²) in [5.41, 5.74) is 3.12. The number of ether oxygens (including phenoxy) is 1. The van der Waals surface area contributed by atoms with E-state index in [1.807, 2.05) is 19.1 Å². The first-order valence-corrected chi connectivity index (χ1v) is 9.67. The van der Waals surface area contributed by atoms with Gasteiger partial charge in [-0.05, 0) is 62.1 Å². The summed E-state index contributed by atoms with van der Waals surface area (Å²) in [5.74, 6) is -0.999. The van der Waals surface area contributed by atoms with E-state index in [-0.39, 0.29) is 8.54 Å². The minimum Gasteiger partial charge on any atom is -0.383 e. The van der Waals surface area contributed by atoms with Crippen molar-refractivity contribution in [1.29, 1.82) is 0 Å². The van der Waals surface area contributed by atoms with Gasteiger partial charge >= 0.3 is 0 Å². The Balaban J connectivity index is 0.00000171. The molecule has 0 radical (unpaired) electrons. The number of nitrogens with zero attached hydrogens (tertiary/aromatic N) is 3. The molecule has 156 valence electrons. The Kier molecular flexibility index (Phi) is 5.71. The predicted molar refractivity (Wildman–Crippen MR) is 112 cm³/mol. The van der Waals surface area contributed by atoms with Crippen molar-refractivity contribution in [2.75, 3.05) is 23.8 Å². The van der Waals surface area contributed by atoms with E-state index in [2.05, 4.69) is 26.8 Å². The zero-order chi connectivity index (χ0) is 20.2. The zero-order valence-electron chi connectivity index (χ0n) is 16.2. The van der Waals surface area contributed by atoms with Crippen LogP contribution in [0.25, 0.3) is 5.69 Å². The fraction of sp³-hybridized carbons (Fsp3) is 0.333. The molecule has 1 saturated carbocycles. The third kappa shape index (κ3) is 5.08. The van der Waals surface area contributed by atoms with Gasteiger partial charge in [-0.3, -0.25) is 0 Å². The van der Waals surface area contributed by atoms with Crippen LogP contribution >= 0.6 is 0 Å². The normalized spacial score (nSPS) is 13.9. The smallest absolute Gasteiger partial charge is 0.246 e. The summed E-state index contributed by atoms with van der Waals surface area (Å²) in [6.07, 6.45) is 5.44. The van der Waals surface area contributed by atoms with E-state index in [0.29, 0.717) is 18.7 Å². The van der Waals surface area contributed by atoms with Gasteiger partial charge in [0.2, 0.25) is 5.95 Å². The molecule has 1 aromatic heterocycles. The van der Waals surface area contributed by atoms with Crippen LogP contribution in [0.3, 0.4) is 0 Å². The van der Waals surface area contributed by atoms with Crippen LogP contribution < -0.4 is 10.6 Å². The van der Waals surface area contributed by atoms with Gasteiger partial charge in [0.05, 0.1) is 18.4 Å². The van der Waals surface area contributed by atoms with Gasteiger partial charge in [-0.2, -0.15) is 4.98 Å². The van der Waals surface area contributed by atoms with Gasteiger partial charge in [0.25, 0.3) is 0 Å². The number of benzene rings is 2. The van der Waals surface area contributed by atoms with Crippen molar-refractivity contribution in [3.05, 3.63) is 59.9 Å². The fourth-order valence-electron chi connectivity index (χ4n) is 3.16. The van der Waals surface area contributed by atoms with Gasteiger partial charge in [-0.15, -0.1) is 5.10 Å². The lowest BCUT2D eigenvalue weighted by molar-refractivity contribution is 0.00812. The van der Waals surface area contributed by atoms with E-state index < -0.39 is 11.6 Å². The van der Waals surface area contributed by atoms with E-state index in [9.17, 15) is 8.78 Å². The monoisotopic (exact) mass is 403 g/mol. The third-order valence-corrected chi connectivity index (χ3v) is 4.77. The Bertz CT molecular complexity index is 977. The number of aromatic nitrogens is 3. The van der Waals surface area contributed by atoms with E-state index in [1.165, 1.54) is 42.4 Å². The molecular formula is C21H27F2N5O. The summed E-state index contributed by atoms with van der Waals surface area (Å²) in [7, 11) is 0. The maximum absolute atomic E-state index is 13.4. The highest BCUT2D eigenvalue weighted by Gasteiger charge is 2.17. The van der Waals surface area contributed by atoms with Crippen LogP contribution in [0, 0.1) is 18.6 Å². The molecule has 1 aliphatic carbocycles. The van der Waals surface area contributed by atoms with Gasteiger partial charge in [-0.1, -0.05) is 0 Å². The molecule has 4 rings (SSSR count). The summed E-state index contributed by atoms with van der Waals surface area (Å²) in [6.45, 7) is 3.41. The van der Waals surface area contributed by atoms with E-state index >= 15 is 0 Å². The number of hydrogen-bond donors (Lipinski definition) is 2. The second kappa shape index (κ2) is 8.57. The average molecular weight is 403 g/mol. The number of nitrogens with one attached hydrogen (secondary N) is 2. The highest BCUT2D eigenvalue weighted by Crippen LogP contribution is 2.23. The summed E-state index contributed by atoms with van der Waals surface area (Å²) in [4.78, 5) is 4.17. The topological polar surface area (TPSA) is 64.0 Å². The van der Waals surface area contributed by atoms with Crippen molar-refractivity contribution in [2.45, 2.75) is 32.3 Å². The minimum atomic E-state index is -0.666. The minimum absolute atomic E-state index is 0. The Morgan fingerprint density at radius 1 is 1.10 bits per heavy atom. The molecule has 0 unspecified atom stereocenters. The first-order chi connectivity index (χ1) is 14.0. The summed E-state index contributed by atoms with van der Waals surface area (Å²) in [6, 6.07) is 9.19. The van der Waals surface area contributed by atoms with Crippen LogP contribution in [0.2, 0.25) is 0 Å². The molecule has 8 heteroatoms. The largest absolute Gasteiger partial charge is 0.383 e. The molecule has 29 heavy (non-hydrogen) atoms. The first kappa shape index (κ1) is 19.3. The Hall–Kier alpha value is -3.00. The molecule has 0 amide bonds. The van der Waals surface area contributed by atoms with Crippen LogP contribution in [-0.4, -0.2) is 34.0 Å². The molecular weight excluding hydrogens is 376 g/mol. The Morgan fingerprint density at radius 2 is 1.86 bits per heavy atom. The lowest BCUT2D eigenvalue weighted by atomic mass is 9.96. The Labute approximate surface area is 170 Å². The second-order valence-corrected chi connectivity index (χ2v) is 7.20. The van der Waals surface area contributed by atoms with Crippen LogP contribution in [0.5, 0.6) is 0 Å². The third-order valence-electron chi connectivity index (χ3n) is 4.77. The standard InChI is InChI=1S/C21H23F2N5O.2H2/c1-14-7-17(24-5-6-29-20-3-2-4-20)12-18(8-14)26-21-25-13-28(27-21)19-10-15(22)9-16(23)11-19;;/h7-13,20,24H,2-6H2,1H3,(H,26,27);2*1H. The molecule has 1 aliphatic rings. The SMILES string of the molecule is Cc1cc(NCCOC2CCC2)cc(Nc2ncn(-c3cc(F)cc(F)c3)n2)c1.[HH].[HH]. The maximum atomic E-state index is 13.4. The predicted octanol–water partition coefficient (Wildman–Crippen LogP) is 5.07. The van der Waals surface area contributed by atoms with Crippen molar-refractivity contribution in [3.63, 3.8) is 0 Å². The summed E-state index contributed by atoms with van der Waals surface area (Å²) < 4.78 is 33.9. The zero-order valence-corrected chi connectivity index (χ0v) is 16.2. The number of aryl methyl sites for hydroxylation is 1. The Morgan fingerprint density at radius 3 is 2.59 bits per heavy atom. The molecule has 3 aromatic rings. The number of halogens is 2. The van der Waals surface area contributed by atoms with Crippen molar-refractivity contribution < 1.29 is 16.4 Å². The molecule has 0 aliphatic heterocycles. The van der Waals surface area contributed by atoms with Crippen LogP contribution in [-0.2, 0) is 4.74 Å². The van der Waals surface area contributed by atoms with E-state index in [4.69, 9.17) is 4.74 Å². The van der Waals surface area contributed by atoms with Gasteiger partial charge < -0.3 is 15.4 Å². The quantitative estimate of drug-likeness (QED) is 0.514. The second-order valence-electron chi connectivity index (χ2n) is 7.20. The van der Waals surface area contributed by atoms with Crippen molar-refractivity contribution in [1.82, 2.24) is 14.8 Å². The highest BCUT2D eigenvalue weighted by molar-refractivity contribution is 5.63. The molecule has 0 spiro atoms. The number of rotatable bonds is 8. The van der Waals surface area contributed by atoms with E-state index in [1.54, 1.807) is 0 Å². The molecule has 2 N–H and O–H groups in total. The first-order valence-electron chi connectivity index (χ1n) is 9.67. The van der Waals surface area contributed by atoms with Crippen molar-refractivity contribution >= 4 is 17.3 Å². The summed E-state index contributed by atoms with van der Waals surface area (Å²) >= 11 is 0. The van der Waals surface area contributed by atoms with E-state index in [0.717, 1.165) is 29.5 Å². The maximum Gasteiger partial charge on any atom is 0.246 e. The molecule has 0 atom stereocenters. The van der Waals surface area contributed by atoms with Crippen LogP contribution in [0.15, 0.2) is 42.7 Å². The van der Waals surface area contributed by atoms with Gasteiger partial charge in [0, 0.05) is 26.8 Å². The number of hydrogen-bond acceptors (Lipinski definition) is 5. The molecule has 0 saturated heterocycles. The van der Waals surface area contributed by atoms with Gasteiger partial charge in [0.1, 0.15) is 18.0 Å². The average Bonchev–Trinajstić information content (AvgIpc) is 3.07. The molecule has 2 aromatic carbocycles. The van der Waals surface area contributed by atoms with Crippen molar-refractivity contribution in [2.24, 2.45) is 0 Å². The van der Waals surface area contributed by atoms with Gasteiger partial charge in [-0.25, -0.2) is 13.5 Å². The lowest BCUT2D eigenvalue weighted by Gasteiger charge is -2.25. The molecule has 6 nitrogen and oxygen atoms in total. The highest BCUT2D eigenvalue weighted by atomic mass is 19.1. The summed E-state index contributed by atoms with van der Waals surface area (Å²) in [5, 5.41) is 10.7. The van der Waals surface area contributed by atoms with Crippen molar-refractivity contribution in [3.8, 4) is 5.69 Å². The lowest BCUT2D eigenvalue weighted by Crippen LogP contribution is -2.24. The van der Waals surface area contributed by atoms with Crippen LogP contribution in [0.4, 0.5) is 26.1 Å². The molecule has 1 fully saturated rings. The molecule has 1 heterocycles. The fourth-order valence-corrected chi connectivity index (χ4v) is 3.16. The number of anilines is 3. The van der Waals surface area contributed by atoms with Crippen LogP contribution in [0.1, 0.15) is 27.7 Å².